The Morgan fingerprint density at radius 1 is 1.24 bits per heavy atom. The third-order valence-electron chi connectivity index (χ3n) is 2.95. The number of methoxy groups -OCH3 is 1. The molecular weight excluding hydrogens is 322 g/mol. The van der Waals surface area contributed by atoms with Crippen molar-refractivity contribution in [1.82, 2.24) is 5.32 Å². The number of carbonyl (C=O) groups excluding carboxylic acids is 1. The monoisotopic (exact) mass is 347 g/mol. The lowest BCUT2D eigenvalue weighted by Gasteiger charge is -2.19. The smallest absolute Gasteiger partial charge is 0.407 e. The van der Waals surface area contributed by atoms with E-state index in [-0.39, 0.29) is 0 Å². The largest absolute Gasteiger partial charge is 0.496 e. The van der Waals surface area contributed by atoms with E-state index >= 15 is 0 Å². The highest BCUT2D eigenvalue weighted by Gasteiger charge is 2.15. The molecule has 0 heterocycles. The first-order chi connectivity index (χ1) is 11.7. The molecule has 6 nitrogen and oxygen atoms in total. The molecule has 0 radical (unpaired) electrons. The second-order valence-corrected chi connectivity index (χ2v) is 6.29. The summed E-state index contributed by atoms with van der Waals surface area (Å²) in [7, 11) is 1.53. The van der Waals surface area contributed by atoms with Crippen LogP contribution in [0.25, 0.3) is 12.2 Å². The maximum Gasteiger partial charge on any atom is 0.407 e. The van der Waals surface area contributed by atoms with Crippen molar-refractivity contribution in [2.45, 2.75) is 32.8 Å². The first kappa shape index (κ1) is 20.3. The van der Waals surface area contributed by atoms with Crippen molar-refractivity contribution in [2.24, 2.45) is 0 Å². The molecule has 1 rings (SSSR count). The van der Waals surface area contributed by atoms with Crippen molar-refractivity contribution >= 4 is 24.2 Å². The fraction of sp³-hybridized carbons (Fsp3) is 0.368. The molecule has 0 aromatic heterocycles. The number of rotatable bonds is 7. The van der Waals surface area contributed by atoms with Gasteiger partial charge in [0.15, 0.2) is 0 Å². The molecule has 0 saturated heterocycles. The normalized spacial score (nSPS) is 11.7. The van der Waals surface area contributed by atoms with Crippen LogP contribution in [-0.4, -0.2) is 36.4 Å². The quantitative estimate of drug-likeness (QED) is 0.580. The summed E-state index contributed by atoms with van der Waals surface area (Å²) in [5.74, 6) is -0.419. The number of amides is 1. The minimum Gasteiger partial charge on any atom is -0.496 e. The first-order valence-corrected chi connectivity index (χ1v) is 7.94. The predicted octanol–water partition coefficient (Wildman–Crippen LogP) is 3.72. The minimum absolute atomic E-state index is 0.438. The molecule has 0 aliphatic rings. The van der Waals surface area contributed by atoms with Crippen molar-refractivity contribution in [3.8, 4) is 5.75 Å². The van der Waals surface area contributed by atoms with E-state index in [2.05, 4.69) is 5.32 Å². The molecule has 1 amide bonds. The molecule has 0 saturated carbocycles. The van der Waals surface area contributed by atoms with E-state index in [1.807, 2.05) is 45.1 Å². The molecule has 0 aliphatic heterocycles. The van der Waals surface area contributed by atoms with Gasteiger partial charge in [-0.05, 0) is 51.0 Å². The molecule has 0 atom stereocenters. The molecular formula is C19H25NO5. The fourth-order valence-electron chi connectivity index (χ4n) is 1.94. The highest BCUT2D eigenvalue weighted by Crippen LogP contribution is 2.22. The summed E-state index contributed by atoms with van der Waals surface area (Å²) in [6.45, 7) is 5.90. The zero-order valence-corrected chi connectivity index (χ0v) is 15.0. The second-order valence-electron chi connectivity index (χ2n) is 6.29. The molecule has 1 aromatic rings. The van der Waals surface area contributed by atoms with Crippen LogP contribution in [-0.2, 0) is 9.53 Å². The van der Waals surface area contributed by atoms with Gasteiger partial charge in [-0.1, -0.05) is 18.2 Å². The molecule has 1 aromatic carbocycles. The van der Waals surface area contributed by atoms with Crippen molar-refractivity contribution in [2.75, 3.05) is 13.7 Å². The summed E-state index contributed by atoms with van der Waals surface area (Å²) in [5, 5.41) is 11.4. The van der Waals surface area contributed by atoms with E-state index in [1.165, 1.54) is 13.2 Å². The summed E-state index contributed by atoms with van der Waals surface area (Å²) < 4.78 is 10.4. The van der Waals surface area contributed by atoms with Crippen molar-refractivity contribution in [3.63, 3.8) is 0 Å². The number of hydrogen-bond donors (Lipinski definition) is 2. The Morgan fingerprint density at radius 3 is 2.56 bits per heavy atom. The van der Waals surface area contributed by atoms with Crippen LogP contribution in [0.5, 0.6) is 5.75 Å². The van der Waals surface area contributed by atoms with Gasteiger partial charge in [-0.25, -0.2) is 9.59 Å². The number of carboxylic acids is 1. The third-order valence-corrected chi connectivity index (χ3v) is 2.95. The van der Waals surface area contributed by atoms with Crippen LogP contribution >= 0.6 is 0 Å². The van der Waals surface area contributed by atoms with E-state index in [9.17, 15) is 9.59 Å². The summed E-state index contributed by atoms with van der Waals surface area (Å²) in [6.07, 6.45) is 6.58. The molecule has 0 aliphatic carbocycles. The van der Waals surface area contributed by atoms with Gasteiger partial charge in [-0.15, -0.1) is 0 Å². The van der Waals surface area contributed by atoms with Crippen LogP contribution in [0, 0.1) is 0 Å². The molecule has 136 valence electrons. The number of benzene rings is 1. The molecule has 25 heavy (non-hydrogen) atoms. The van der Waals surface area contributed by atoms with Gasteiger partial charge >= 0.3 is 12.1 Å². The Hall–Kier alpha value is -2.76. The van der Waals surface area contributed by atoms with E-state index in [4.69, 9.17) is 14.6 Å². The van der Waals surface area contributed by atoms with Crippen LogP contribution in [0.1, 0.15) is 38.3 Å². The molecule has 0 spiro atoms. The molecule has 6 heteroatoms. The van der Waals surface area contributed by atoms with E-state index < -0.39 is 17.7 Å². The first-order valence-electron chi connectivity index (χ1n) is 7.94. The zero-order chi connectivity index (χ0) is 18.9. The number of aliphatic carboxylic acids is 1. The maximum absolute atomic E-state index is 11.5. The predicted molar refractivity (Wildman–Crippen MR) is 97.6 cm³/mol. The third kappa shape index (κ3) is 8.60. The average molecular weight is 347 g/mol. The number of hydrogen-bond acceptors (Lipinski definition) is 4. The average Bonchev–Trinajstić information content (AvgIpc) is 2.51. The standard InChI is InChI=1S/C19H25NO5/c1-19(2,3)25-18(23)20-12-6-5-7-14-8-10-16(24-4)15(13-14)9-11-17(21)22/h5,7-11,13H,6,12H2,1-4H3,(H,20,23)(H,21,22)/b7-5?,11-9+. The number of nitrogens with one attached hydrogen (secondary N) is 1. The fourth-order valence-corrected chi connectivity index (χ4v) is 1.94. The highest BCUT2D eigenvalue weighted by atomic mass is 16.6. The van der Waals surface area contributed by atoms with Gasteiger partial charge in [0, 0.05) is 18.2 Å². The Balaban J connectivity index is 2.59. The molecule has 2 N–H and O–H groups in total. The highest BCUT2D eigenvalue weighted by molar-refractivity contribution is 5.86. The van der Waals surface area contributed by atoms with Crippen LogP contribution in [0.2, 0.25) is 0 Å². The van der Waals surface area contributed by atoms with E-state index in [0.29, 0.717) is 24.3 Å². The van der Waals surface area contributed by atoms with Gasteiger partial charge in [0.2, 0.25) is 0 Å². The Labute approximate surface area is 148 Å². The lowest BCUT2D eigenvalue weighted by atomic mass is 10.1. The second kappa shape index (κ2) is 9.52. The summed E-state index contributed by atoms with van der Waals surface area (Å²) in [5.41, 5.74) is 1.07. The van der Waals surface area contributed by atoms with Crippen LogP contribution in [0.4, 0.5) is 4.79 Å². The van der Waals surface area contributed by atoms with E-state index in [0.717, 1.165) is 11.6 Å². The number of alkyl carbamates (subject to hydrolysis) is 1. The Morgan fingerprint density at radius 2 is 1.96 bits per heavy atom. The Kier molecular flexibility index (Phi) is 7.72. The number of carbonyl (C=O) groups is 2. The number of ether oxygens (including phenoxy) is 2. The Bertz CT molecular complexity index is 656. The lowest BCUT2D eigenvalue weighted by molar-refractivity contribution is -0.131. The number of carboxylic acid groups (broad SMARTS) is 1. The summed E-state index contributed by atoms with van der Waals surface area (Å²) in [4.78, 5) is 22.2. The lowest BCUT2D eigenvalue weighted by Crippen LogP contribution is -2.32. The summed E-state index contributed by atoms with van der Waals surface area (Å²) >= 11 is 0. The molecule has 0 unspecified atom stereocenters. The van der Waals surface area contributed by atoms with Gasteiger partial charge in [0.25, 0.3) is 0 Å². The van der Waals surface area contributed by atoms with Gasteiger partial charge in [0.05, 0.1) is 7.11 Å². The molecule has 0 fully saturated rings. The van der Waals surface area contributed by atoms with Crippen LogP contribution in [0.15, 0.2) is 30.4 Å². The van der Waals surface area contributed by atoms with Gasteiger partial charge < -0.3 is 19.9 Å². The minimum atomic E-state index is -1.02. The van der Waals surface area contributed by atoms with Gasteiger partial charge in [-0.3, -0.25) is 0 Å². The van der Waals surface area contributed by atoms with Crippen LogP contribution < -0.4 is 10.1 Å². The van der Waals surface area contributed by atoms with E-state index in [1.54, 1.807) is 6.07 Å². The summed E-state index contributed by atoms with van der Waals surface area (Å²) in [6, 6.07) is 5.48. The zero-order valence-electron chi connectivity index (χ0n) is 15.0. The SMILES string of the molecule is COc1ccc(C=CCCNC(=O)OC(C)(C)C)cc1/C=C/C(=O)O. The topological polar surface area (TPSA) is 84.9 Å². The maximum atomic E-state index is 11.5. The van der Waals surface area contributed by atoms with Crippen molar-refractivity contribution < 1.29 is 24.2 Å². The molecule has 0 bridgehead atoms. The van der Waals surface area contributed by atoms with Gasteiger partial charge in [0.1, 0.15) is 11.4 Å². The van der Waals surface area contributed by atoms with Gasteiger partial charge in [-0.2, -0.15) is 0 Å². The van der Waals surface area contributed by atoms with Crippen molar-refractivity contribution in [3.05, 3.63) is 41.5 Å². The van der Waals surface area contributed by atoms with Crippen LogP contribution in [0.3, 0.4) is 0 Å². The van der Waals surface area contributed by atoms with Crippen molar-refractivity contribution in [1.29, 1.82) is 0 Å².